The van der Waals surface area contributed by atoms with Crippen LogP contribution in [0, 0.1) is 18.7 Å². The molecule has 2 fully saturated rings. The van der Waals surface area contributed by atoms with E-state index >= 15 is 0 Å². The number of halogens is 6. The van der Waals surface area contributed by atoms with Crippen molar-refractivity contribution in [3.05, 3.63) is 75.2 Å². The van der Waals surface area contributed by atoms with Crippen LogP contribution in [0.2, 0.25) is 0 Å². The van der Waals surface area contributed by atoms with Crippen molar-refractivity contribution in [2.24, 2.45) is 5.92 Å². The summed E-state index contributed by atoms with van der Waals surface area (Å²) in [5.74, 6) is -3.72. The normalized spacial score (nSPS) is 20.2. The second-order valence-electron chi connectivity index (χ2n) is 13.6. The van der Waals surface area contributed by atoms with Crippen LogP contribution in [0.15, 0.2) is 35.4 Å². The van der Waals surface area contributed by atoms with E-state index in [0.717, 1.165) is 10.6 Å². The van der Waals surface area contributed by atoms with E-state index in [2.05, 4.69) is 25.4 Å². The number of aryl methyl sites for hydroxylation is 1. The molecule has 286 valence electrons. The van der Waals surface area contributed by atoms with Crippen molar-refractivity contribution >= 4 is 34.5 Å². The highest BCUT2D eigenvalue weighted by Crippen LogP contribution is 2.39. The van der Waals surface area contributed by atoms with Gasteiger partial charge >= 0.3 is 6.18 Å². The first-order valence-electron chi connectivity index (χ1n) is 17.4. The third kappa shape index (κ3) is 6.52. The number of aromatic nitrogens is 6. The smallest absolute Gasteiger partial charge is 0.416 e. The molecule has 13 nitrogen and oxygen atoms in total. The summed E-state index contributed by atoms with van der Waals surface area (Å²) in [6.45, 7) is 3.08. The number of hydrogen-bond acceptors (Lipinski definition) is 9. The molecule has 0 spiro atoms. The van der Waals surface area contributed by atoms with Gasteiger partial charge in [0.25, 0.3) is 11.5 Å². The third-order valence-electron chi connectivity index (χ3n) is 10.5. The summed E-state index contributed by atoms with van der Waals surface area (Å²) in [5.41, 5.74) is -1.09. The van der Waals surface area contributed by atoms with Crippen LogP contribution >= 0.6 is 0 Å². The number of amides is 2. The lowest BCUT2D eigenvalue weighted by molar-refractivity contribution is -0.137. The second kappa shape index (κ2) is 14.1. The third-order valence-corrected chi connectivity index (χ3v) is 10.5. The number of carbonyl (C=O) groups excluding carboxylic acids is 2. The monoisotopic (exact) mass is 759 g/mol. The Bertz CT molecular complexity index is 2240. The van der Waals surface area contributed by atoms with Gasteiger partial charge in [-0.25, -0.2) is 23.1 Å². The standard InChI is InChI=1S/C35H35F6N9O4/c1-3-23-28(47-12-13-48(25-11-10-24(25)47)32(53)27-29(52)17(2)42-16-43-27)33(54)50-34(45-31(46-50)19-6-4-18(5-7-19)30(37)38)49(23)15-26(51)44-22-9-8-20(14-21(22)36)35(39,40)41/h6,8-9,14,16,18,24-25,30,52H,3-5,7,10-13,15H2,1-2H3,(H,44,51)/t18?,24-,25-/m1/s1. The van der Waals surface area contributed by atoms with Crippen molar-refractivity contribution in [3.8, 4) is 5.75 Å². The molecule has 0 bridgehead atoms. The first kappa shape index (κ1) is 36.9. The summed E-state index contributed by atoms with van der Waals surface area (Å²) in [6.07, 6.45) is -2.64. The minimum atomic E-state index is -4.80. The number of aromatic hydroxyl groups is 1. The lowest BCUT2D eigenvalue weighted by Gasteiger charge is -2.54. The van der Waals surface area contributed by atoms with Crippen molar-refractivity contribution in [3.63, 3.8) is 0 Å². The maximum atomic E-state index is 14.8. The maximum Gasteiger partial charge on any atom is 0.416 e. The topological polar surface area (TPSA) is 151 Å². The van der Waals surface area contributed by atoms with Crippen molar-refractivity contribution in [2.45, 2.75) is 83.6 Å². The number of nitrogens with zero attached hydrogens (tertiary/aromatic N) is 8. The zero-order valence-corrected chi connectivity index (χ0v) is 29.1. The molecule has 0 radical (unpaired) electrons. The number of anilines is 2. The molecule has 4 aromatic rings. The number of fused-ring (bicyclic) bond motifs is 2. The van der Waals surface area contributed by atoms with E-state index < -0.39 is 59.5 Å². The van der Waals surface area contributed by atoms with Crippen molar-refractivity contribution in [1.29, 1.82) is 0 Å². The Balaban J connectivity index is 1.27. The molecule has 1 unspecified atom stereocenters. The molecular weight excluding hydrogens is 724 g/mol. The number of piperazine rings is 1. The van der Waals surface area contributed by atoms with E-state index in [0.29, 0.717) is 30.2 Å². The van der Waals surface area contributed by atoms with E-state index in [1.807, 2.05) is 4.90 Å². The summed E-state index contributed by atoms with van der Waals surface area (Å²) in [5, 5.41) is 17.3. The fourth-order valence-corrected chi connectivity index (χ4v) is 7.48. The Hall–Kier alpha value is -5.49. The predicted octanol–water partition coefficient (Wildman–Crippen LogP) is 5.00. The molecule has 19 heteroatoms. The molecule has 1 aromatic carbocycles. The Morgan fingerprint density at radius 2 is 1.85 bits per heavy atom. The minimum Gasteiger partial charge on any atom is -0.504 e. The first-order chi connectivity index (χ1) is 25.7. The van der Waals surface area contributed by atoms with Gasteiger partial charge in [0.05, 0.1) is 28.7 Å². The van der Waals surface area contributed by atoms with Gasteiger partial charge in [0, 0.05) is 25.0 Å². The van der Waals surface area contributed by atoms with Gasteiger partial charge in [0.2, 0.25) is 18.1 Å². The Morgan fingerprint density at radius 3 is 2.48 bits per heavy atom. The highest BCUT2D eigenvalue weighted by molar-refractivity contribution is 5.95. The number of alkyl halides is 5. The summed E-state index contributed by atoms with van der Waals surface area (Å²) >= 11 is 0. The van der Waals surface area contributed by atoms with Gasteiger partial charge in [-0.15, -0.1) is 5.10 Å². The maximum absolute atomic E-state index is 14.8. The fraction of sp³-hybridized carbons (Fsp3) is 0.457. The molecule has 2 N–H and O–H groups in total. The first-order valence-corrected chi connectivity index (χ1v) is 17.4. The van der Waals surface area contributed by atoms with Gasteiger partial charge in [-0.05, 0) is 69.2 Å². The zero-order valence-electron chi connectivity index (χ0n) is 29.1. The van der Waals surface area contributed by atoms with Crippen LogP contribution < -0.4 is 15.8 Å². The average Bonchev–Trinajstić information content (AvgIpc) is 3.57. The lowest BCUT2D eigenvalue weighted by atomic mass is 9.81. The number of allylic oxidation sites excluding steroid dienone is 2. The SMILES string of the molecule is CCc1c(N2CCN(C(=O)c3ncnc(C)c3O)[C@@H]3CC[C@H]32)c(=O)n2nc(C3=CCC(C(F)F)CC3)nc2n1CC(=O)Nc1ccc(C(F)(F)F)cc1F. The number of carbonyl (C=O) groups is 2. The average molecular weight is 760 g/mol. The molecule has 3 aromatic heterocycles. The largest absolute Gasteiger partial charge is 0.504 e. The number of rotatable bonds is 8. The van der Waals surface area contributed by atoms with E-state index in [-0.39, 0.29) is 91.3 Å². The molecule has 1 aliphatic heterocycles. The van der Waals surface area contributed by atoms with Gasteiger partial charge in [0.1, 0.15) is 24.4 Å². The van der Waals surface area contributed by atoms with Crippen LogP contribution in [0.5, 0.6) is 5.75 Å². The number of benzene rings is 1. The van der Waals surface area contributed by atoms with Crippen LogP contribution in [-0.4, -0.2) is 82.6 Å². The Morgan fingerprint density at radius 1 is 1.09 bits per heavy atom. The molecule has 54 heavy (non-hydrogen) atoms. The molecule has 4 heterocycles. The molecule has 7 rings (SSSR count). The van der Waals surface area contributed by atoms with Crippen LogP contribution in [0.4, 0.5) is 37.7 Å². The second-order valence-corrected chi connectivity index (χ2v) is 13.6. The minimum absolute atomic E-state index is 0.0518. The van der Waals surface area contributed by atoms with Crippen LogP contribution in [0.3, 0.4) is 0 Å². The van der Waals surface area contributed by atoms with Gasteiger partial charge in [0.15, 0.2) is 17.3 Å². The highest BCUT2D eigenvalue weighted by atomic mass is 19.4. The highest BCUT2D eigenvalue weighted by Gasteiger charge is 2.47. The molecule has 1 saturated heterocycles. The molecule has 1 saturated carbocycles. The van der Waals surface area contributed by atoms with Gasteiger partial charge in [-0.3, -0.25) is 14.4 Å². The molecule has 3 atom stereocenters. The summed E-state index contributed by atoms with van der Waals surface area (Å²) < 4.78 is 83.4. The molecule has 2 amide bonds. The van der Waals surface area contributed by atoms with Gasteiger partial charge in [-0.1, -0.05) is 13.0 Å². The number of nitrogens with one attached hydrogen (secondary N) is 1. The van der Waals surface area contributed by atoms with Crippen molar-refractivity contribution in [1.82, 2.24) is 34.0 Å². The van der Waals surface area contributed by atoms with E-state index in [1.54, 1.807) is 24.8 Å². The summed E-state index contributed by atoms with van der Waals surface area (Å²) in [6, 6.07) is 1.01. The summed E-state index contributed by atoms with van der Waals surface area (Å²) in [4.78, 5) is 57.5. The number of hydrogen-bond donors (Lipinski definition) is 2. The zero-order chi connectivity index (χ0) is 38.6. The van der Waals surface area contributed by atoms with Gasteiger partial charge in [-0.2, -0.15) is 22.7 Å². The van der Waals surface area contributed by atoms with E-state index in [9.17, 15) is 45.8 Å². The summed E-state index contributed by atoms with van der Waals surface area (Å²) in [7, 11) is 0. The van der Waals surface area contributed by atoms with Crippen LogP contribution in [0.1, 0.15) is 72.3 Å². The molecule has 3 aliphatic rings. The molecular formula is C35H35F6N9O4. The quantitative estimate of drug-likeness (QED) is 0.237. The van der Waals surface area contributed by atoms with Crippen molar-refractivity contribution < 1.29 is 41.0 Å². The predicted molar refractivity (Wildman–Crippen MR) is 182 cm³/mol. The van der Waals surface area contributed by atoms with Crippen LogP contribution in [-0.2, 0) is 23.9 Å². The van der Waals surface area contributed by atoms with Crippen molar-refractivity contribution in [2.75, 3.05) is 23.3 Å². The molecule has 2 aliphatic carbocycles. The Kier molecular flexibility index (Phi) is 9.59. The van der Waals surface area contributed by atoms with Crippen LogP contribution in [0.25, 0.3) is 11.4 Å². The lowest BCUT2D eigenvalue weighted by Crippen LogP contribution is -2.67. The van der Waals surface area contributed by atoms with E-state index in [4.69, 9.17) is 0 Å². The van der Waals surface area contributed by atoms with Gasteiger partial charge < -0.3 is 24.8 Å². The Labute approximate surface area is 303 Å². The fourth-order valence-electron chi connectivity index (χ4n) is 7.48. The van der Waals surface area contributed by atoms with E-state index in [1.165, 1.54) is 10.9 Å².